The standard InChI is InChI=1S/C15H27N3/c1-3-13-5-6-14(12-16)15(11-13)18-9-7-17(4-2)8-10-18/h13-15H,3-11H2,1-2H3. The van der Waals surface area contributed by atoms with Crippen molar-refractivity contribution in [3.05, 3.63) is 0 Å². The third kappa shape index (κ3) is 3.05. The Balaban J connectivity index is 1.94. The Kier molecular flexibility index (Phi) is 5.03. The molecule has 1 saturated carbocycles. The fraction of sp³-hybridized carbons (Fsp3) is 0.933. The topological polar surface area (TPSA) is 30.3 Å². The average molecular weight is 249 g/mol. The van der Waals surface area contributed by atoms with Crippen LogP contribution < -0.4 is 0 Å². The van der Waals surface area contributed by atoms with Gasteiger partial charge in [-0.2, -0.15) is 5.26 Å². The second kappa shape index (κ2) is 6.54. The normalized spacial score (nSPS) is 35.3. The van der Waals surface area contributed by atoms with Crippen molar-refractivity contribution in [2.75, 3.05) is 32.7 Å². The van der Waals surface area contributed by atoms with Crippen LogP contribution in [0.3, 0.4) is 0 Å². The SMILES string of the molecule is CCC1CCC(C#N)C(N2CCN(CC)CC2)C1. The first kappa shape index (κ1) is 13.8. The average Bonchev–Trinajstić information content (AvgIpc) is 2.46. The summed E-state index contributed by atoms with van der Waals surface area (Å²) in [5, 5.41) is 9.36. The minimum absolute atomic E-state index is 0.279. The zero-order valence-electron chi connectivity index (χ0n) is 11.9. The first-order chi connectivity index (χ1) is 8.78. The summed E-state index contributed by atoms with van der Waals surface area (Å²) in [5.41, 5.74) is 0. The van der Waals surface area contributed by atoms with Crippen LogP contribution in [0.25, 0.3) is 0 Å². The van der Waals surface area contributed by atoms with Gasteiger partial charge in [-0.15, -0.1) is 0 Å². The highest BCUT2D eigenvalue weighted by Crippen LogP contribution is 2.34. The number of likely N-dealkylation sites (N-methyl/N-ethyl adjacent to an activating group) is 1. The van der Waals surface area contributed by atoms with E-state index in [1.807, 2.05) is 0 Å². The zero-order chi connectivity index (χ0) is 13.0. The highest BCUT2D eigenvalue weighted by atomic mass is 15.3. The number of piperazine rings is 1. The van der Waals surface area contributed by atoms with E-state index in [1.54, 1.807) is 0 Å². The van der Waals surface area contributed by atoms with Crippen LogP contribution in [0.4, 0.5) is 0 Å². The van der Waals surface area contributed by atoms with Crippen LogP contribution in [0.5, 0.6) is 0 Å². The van der Waals surface area contributed by atoms with E-state index in [9.17, 15) is 5.26 Å². The van der Waals surface area contributed by atoms with E-state index in [-0.39, 0.29) is 5.92 Å². The molecule has 3 atom stereocenters. The van der Waals surface area contributed by atoms with Crippen molar-refractivity contribution < 1.29 is 0 Å². The van der Waals surface area contributed by atoms with Crippen LogP contribution in [-0.2, 0) is 0 Å². The molecule has 2 aliphatic rings. The van der Waals surface area contributed by atoms with E-state index in [4.69, 9.17) is 0 Å². The molecule has 2 rings (SSSR count). The Morgan fingerprint density at radius 3 is 2.39 bits per heavy atom. The first-order valence-corrected chi connectivity index (χ1v) is 7.64. The molecule has 18 heavy (non-hydrogen) atoms. The Bertz CT molecular complexity index is 289. The fourth-order valence-electron chi connectivity index (χ4n) is 3.57. The first-order valence-electron chi connectivity index (χ1n) is 7.64. The molecule has 0 spiro atoms. The minimum atomic E-state index is 0.279. The molecule has 0 radical (unpaired) electrons. The van der Waals surface area contributed by atoms with E-state index >= 15 is 0 Å². The van der Waals surface area contributed by atoms with Crippen LogP contribution >= 0.6 is 0 Å². The van der Waals surface area contributed by atoms with Gasteiger partial charge in [0, 0.05) is 32.2 Å². The van der Waals surface area contributed by atoms with Gasteiger partial charge in [-0.25, -0.2) is 0 Å². The van der Waals surface area contributed by atoms with E-state index in [0.29, 0.717) is 6.04 Å². The summed E-state index contributed by atoms with van der Waals surface area (Å²) in [4.78, 5) is 5.11. The van der Waals surface area contributed by atoms with Gasteiger partial charge in [0.1, 0.15) is 0 Å². The zero-order valence-corrected chi connectivity index (χ0v) is 11.9. The summed E-state index contributed by atoms with van der Waals surface area (Å²) < 4.78 is 0. The lowest BCUT2D eigenvalue weighted by Crippen LogP contribution is -2.53. The Morgan fingerprint density at radius 2 is 1.83 bits per heavy atom. The molecule has 2 fully saturated rings. The molecule has 0 N–H and O–H groups in total. The molecule has 3 nitrogen and oxygen atoms in total. The lowest BCUT2D eigenvalue weighted by atomic mass is 9.77. The van der Waals surface area contributed by atoms with Crippen molar-refractivity contribution in [1.82, 2.24) is 9.80 Å². The molecule has 1 aliphatic heterocycles. The summed E-state index contributed by atoms with van der Waals surface area (Å²) >= 11 is 0. The van der Waals surface area contributed by atoms with Crippen molar-refractivity contribution in [1.29, 1.82) is 5.26 Å². The maximum Gasteiger partial charge on any atom is 0.0672 e. The van der Waals surface area contributed by atoms with Crippen molar-refractivity contribution in [2.24, 2.45) is 11.8 Å². The number of nitriles is 1. The Morgan fingerprint density at radius 1 is 1.11 bits per heavy atom. The summed E-state index contributed by atoms with van der Waals surface area (Å²) in [6.07, 6.45) is 4.91. The highest BCUT2D eigenvalue weighted by Gasteiger charge is 2.34. The molecule has 1 heterocycles. The van der Waals surface area contributed by atoms with Gasteiger partial charge in [0.05, 0.1) is 12.0 Å². The molecule has 0 amide bonds. The lowest BCUT2D eigenvalue weighted by Gasteiger charge is -2.44. The predicted molar refractivity (Wildman–Crippen MR) is 74.2 cm³/mol. The molecule has 1 saturated heterocycles. The number of rotatable bonds is 3. The molecule has 1 aliphatic carbocycles. The number of hydrogen-bond acceptors (Lipinski definition) is 3. The molecule has 0 bridgehead atoms. The van der Waals surface area contributed by atoms with E-state index in [2.05, 4.69) is 29.7 Å². The maximum absolute atomic E-state index is 9.36. The van der Waals surface area contributed by atoms with E-state index in [0.717, 1.165) is 32.0 Å². The molecular formula is C15H27N3. The Hall–Kier alpha value is -0.590. The highest BCUT2D eigenvalue weighted by molar-refractivity contribution is 4.98. The van der Waals surface area contributed by atoms with Gasteiger partial charge in [0.15, 0.2) is 0 Å². The van der Waals surface area contributed by atoms with Crippen LogP contribution in [0.15, 0.2) is 0 Å². The summed E-state index contributed by atoms with van der Waals surface area (Å²) in [6.45, 7) is 10.4. The molecule has 102 valence electrons. The minimum Gasteiger partial charge on any atom is -0.301 e. The second-order valence-corrected chi connectivity index (χ2v) is 5.86. The van der Waals surface area contributed by atoms with Gasteiger partial charge in [0.2, 0.25) is 0 Å². The van der Waals surface area contributed by atoms with Gasteiger partial charge < -0.3 is 4.90 Å². The van der Waals surface area contributed by atoms with Crippen molar-refractivity contribution in [2.45, 2.75) is 45.6 Å². The monoisotopic (exact) mass is 249 g/mol. The van der Waals surface area contributed by atoms with Crippen LogP contribution in [0.1, 0.15) is 39.5 Å². The van der Waals surface area contributed by atoms with Gasteiger partial charge in [-0.3, -0.25) is 4.90 Å². The fourth-order valence-corrected chi connectivity index (χ4v) is 3.57. The second-order valence-electron chi connectivity index (χ2n) is 5.86. The summed E-state index contributed by atoms with van der Waals surface area (Å²) in [6, 6.07) is 3.10. The van der Waals surface area contributed by atoms with Gasteiger partial charge in [0.25, 0.3) is 0 Å². The summed E-state index contributed by atoms with van der Waals surface area (Å²) in [5.74, 6) is 1.13. The van der Waals surface area contributed by atoms with Crippen molar-refractivity contribution in [3.8, 4) is 6.07 Å². The molecule has 3 heteroatoms. The predicted octanol–water partition coefficient (Wildman–Crippen LogP) is 2.34. The Labute approximate surface area is 112 Å². The largest absolute Gasteiger partial charge is 0.301 e. The van der Waals surface area contributed by atoms with Crippen LogP contribution in [-0.4, -0.2) is 48.6 Å². The van der Waals surface area contributed by atoms with Gasteiger partial charge in [-0.05, 0) is 31.7 Å². The summed E-state index contributed by atoms with van der Waals surface area (Å²) in [7, 11) is 0. The van der Waals surface area contributed by atoms with Crippen LogP contribution in [0, 0.1) is 23.2 Å². The number of hydrogen-bond donors (Lipinski definition) is 0. The maximum atomic E-state index is 9.36. The van der Waals surface area contributed by atoms with Crippen molar-refractivity contribution in [3.63, 3.8) is 0 Å². The third-order valence-corrected chi connectivity index (χ3v) is 4.99. The van der Waals surface area contributed by atoms with Crippen LogP contribution in [0.2, 0.25) is 0 Å². The third-order valence-electron chi connectivity index (χ3n) is 4.99. The number of nitrogens with zero attached hydrogens (tertiary/aromatic N) is 3. The van der Waals surface area contributed by atoms with Gasteiger partial charge >= 0.3 is 0 Å². The van der Waals surface area contributed by atoms with E-state index in [1.165, 1.54) is 32.4 Å². The smallest absolute Gasteiger partial charge is 0.0672 e. The van der Waals surface area contributed by atoms with Gasteiger partial charge in [-0.1, -0.05) is 20.3 Å². The molecule has 0 aromatic carbocycles. The molecule has 0 aromatic heterocycles. The lowest BCUT2D eigenvalue weighted by molar-refractivity contribution is 0.0506. The molecule has 0 aromatic rings. The van der Waals surface area contributed by atoms with Crippen molar-refractivity contribution >= 4 is 0 Å². The quantitative estimate of drug-likeness (QED) is 0.769. The molecular weight excluding hydrogens is 222 g/mol. The van der Waals surface area contributed by atoms with E-state index < -0.39 is 0 Å². The molecule has 3 unspecified atom stereocenters.